The molecule has 4 rings (SSSR count). The molecule has 2 aromatic carbocycles. The Bertz CT molecular complexity index is 1040. The molecule has 2 heterocycles. The standard InChI is InChI=1S/C24H25FN2O3/c1-17(2)26-14-23(15-26)30-21-9-7-20(8-10-21)27-12-11-22(13-24(27)28)29-16-18-3-5-19(25)6-4-18/h3-13,17,23H,14-16H2,1-2H3. The van der Waals surface area contributed by atoms with Gasteiger partial charge >= 0.3 is 0 Å². The van der Waals surface area contributed by atoms with Gasteiger partial charge in [-0.1, -0.05) is 12.1 Å². The van der Waals surface area contributed by atoms with Crippen molar-refractivity contribution in [2.75, 3.05) is 13.1 Å². The van der Waals surface area contributed by atoms with Gasteiger partial charge in [-0.3, -0.25) is 14.3 Å². The van der Waals surface area contributed by atoms with Gasteiger partial charge in [0, 0.05) is 37.1 Å². The molecule has 0 aliphatic carbocycles. The van der Waals surface area contributed by atoms with Gasteiger partial charge in [-0.05, 0) is 61.9 Å². The summed E-state index contributed by atoms with van der Waals surface area (Å²) in [5.41, 5.74) is 1.40. The molecule has 0 radical (unpaired) electrons. The van der Waals surface area contributed by atoms with Crippen molar-refractivity contribution in [1.29, 1.82) is 0 Å². The van der Waals surface area contributed by atoms with Crippen LogP contribution in [0.1, 0.15) is 19.4 Å². The SMILES string of the molecule is CC(C)N1CC(Oc2ccc(-n3ccc(OCc4ccc(F)cc4)cc3=O)cc2)C1. The Hall–Kier alpha value is -3.12. The highest BCUT2D eigenvalue weighted by molar-refractivity contribution is 5.38. The van der Waals surface area contributed by atoms with Crippen LogP contribution in [0, 0.1) is 5.82 Å². The van der Waals surface area contributed by atoms with Gasteiger partial charge < -0.3 is 9.47 Å². The molecule has 5 nitrogen and oxygen atoms in total. The highest BCUT2D eigenvalue weighted by atomic mass is 19.1. The summed E-state index contributed by atoms with van der Waals surface area (Å²) in [4.78, 5) is 14.9. The molecule has 0 spiro atoms. The topological polar surface area (TPSA) is 43.7 Å². The average molecular weight is 408 g/mol. The van der Waals surface area contributed by atoms with Crippen molar-refractivity contribution in [3.05, 3.63) is 88.6 Å². The number of nitrogens with zero attached hydrogens (tertiary/aromatic N) is 2. The smallest absolute Gasteiger partial charge is 0.258 e. The predicted octanol–water partition coefficient (Wildman–Crippen LogP) is 4.03. The van der Waals surface area contributed by atoms with E-state index in [1.807, 2.05) is 24.3 Å². The van der Waals surface area contributed by atoms with Crippen molar-refractivity contribution in [2.24, 2.45) is 0 Å². The van der Waals surface area contributed by atoms with Crippen LogP contribution in [0.3, 0.4) is 0 Å². The molecular weight excluding hydrogens is 383 g/mol. The maximum atomic E-state index is 13.0. The number of pyridine rings is 1. The second-order valence-electron chi connectivity index (χ2n) is 7.77. The quantitative estimate of drug-likeness (QED) is 0.592. The van der Waals surface area contributed by atoms with Gasteiger partial charge in [0.15, 0.2) is 0 Å². The van der Waals surface area contributed by atoms with E-state index in [1.165, 1.54) is 18.2 Å². The van der Waals surface area contributed by atoms with Crippen molar-refractivity contribution in [2.45, 2.75) is 32.6 Å². The third-order valence-corrected chi connectivity index (χ3v) is 5.23. The summed E-state index contributed by atoms with van der Waals surface area (Å²) in [6, 6.07) is 17.3. The van der Waals surface area contributed by atoms with Crippen LogP contribution in [0.25, 0.3) is 5.69 Å². The highest BCUT2D eigenvalue weighted by Crippen LogP contribution is 2.21. The van der Waals surface area contributed by atoms with Gasteiger partial charge in [0.2, 0.25) is 0 Å². The van der Waals surface area contributed by atoms with Crippen LogP contribution in [0.5, 0.6) is 11.5 Å². The number of ether oxygens (including phenoxy) is 2. The van der Waals surface area contributed by atoms with E-state index in [0.29, 0.717) is 11.8 Å². The molecule has 0 bridgehead atoms. The van der Waals surface area contributed by atoms with Gasteiger partial charge in [0.25, 0.3) is 5.56 Å². The summed E-state index contributed by atoms with van der Waals surface area (Å²) in [6.45, 7) is 6.52. The van der Waals surface area contributed by atoms with Crippen LogP contribution >= 0.6 is 0 Å². The van der Waals surface area contributed by atoms with Crippen molar-refractivity contribution in [1.82, 2.24) is 9.47 Å². The van der Waals surface area contributed by atoms with Crippen LogP contribution in [0.4, 0.5) is 4.39 Å². The molecule has 3 aromatic rings. The van der Waals surface area contributed by atoms with E-state index in [0.717, 1.165) is 30.1 Å². The third-order valence-electron chi connectivity index (χ3n) is 5.23. The Labute approximate surface area is 175 Å². The Morgan fingerprint density at radius 2 is 1.70 bits per heavy atom. The fourth-order valence-electron chi connectivity index (χ4n) is 3.35. The Kier molecular flexibility index (Phi) is 5.86. The molecule has 0 N–H and O–H groups in total. The fraction of sp³-hybridized carbons (Fsp3) is 0.292. The van der Waals surface area contributed by atoms with Crippen LogP contribution in [-0.4, -0.2) is 34.7 Å². The first-order valence-corrected chi connectivity index (χ1v) is 10.1. The first-order valence-electron chi connectivity index (χ1n) is 10.1. The van der Waals surface area contributed by atoms with E-state index in [9.17, 15) is 9.18 Å². The second-order valence-corrected chi connectivity index (χ2v) is 7.77. The Balaban J connectivity index is 1.37. The van der Waals surface area contributed by atoms with Crippen LogP contribution in [0.2, 0.25) is 0 Å². The molecule has 0 atom stereocenters. The minimum absolute atomic E-state index is 0.188. The fourth-order valence-corrected chi connectivity index (χ4v) is 3.35. The molecule has 1 saturated heterocycles. The molecule has 1 aliphatic heterocycles. The zero-order chi connectivity index (χ0) is 21.1. The van der Waals surface area contributed by atoms with Gasteiger partial charge in [0.1, 0.15) is 30.0 Å². The maximum absolute atomic E-state index is 13.0. The normalized spacial score (nSPS) is 14.5. The Morgan fingerprint density at radius 1 is 1.00 bits per heavy atom. The molecule has 1 aliphatic rings. The summed E-state index contributed by atoms with van der Waals surface area (Å²) in [7, 11) is 0. The largest absolute Gasteiger partial charge is 0.489 e. The molecule has 0 amide bonds. The molecule has 0 unspecified atom stereocenters. The lowest BCUT2D eigenvalue weighted by atomic mass is 10.1. The lowest BCUT2D eigenvalue weighted by Gasteiger charge is -2.41. The number of benzene rings is 2. The lowest BCUT2D eigenvalue weighted by Crippen LogP contribution is -2.56. The number of hydrogen-bond donors (Lipinski definition) is 0. The van der Waals surface area contributed by atoms with Gasteiger partial charge in [0.05, 0.1) is 0 Å². The van der Waals surface area contributed by atoms with Crippen molar-refractivity contribution in [3.63, 3.8) is 0 Å². The molecule has 156 valence electrons. The van der Waals surface area contributed by atoms with E-state index in [1.54, 1.807) is 29.0 Å². The van der Waals surface area contributed by atoms with Crippen LogP contribution in [0.15, 0.2) is 71.7 Å². The van der Waals surface area contributed by atoms with Gasteiger partial charge in [-0.2, -0.15) is 0 Å². The van der Waals surface area contributed by atoms with Crippen LogP contribution in [-0.2, 0) is 6.61 Å². The number of halogens is 1. The molecule has 1 fully saturated rings. The lowest BCUT2D eigenvalue weighted by molar-refractivity contribution is 0.000154. The first kappa shape index (κ1) is 20.2. The zero-order valence-corrected chi connectivity index (χ0v) is 17.1. The second kappa shape index (κ2) is 8.71. The number of likely N-dealkylation sites (tertiary alicyclic amines) is 1. The summed E-state index contributed by atoms with van der Waals surface area (Å²) in [5, 5.41) is 0. The summed E-state index contributed by atoms with van der Waals surface area (Å²) in [6.07, 6.45) is 1.91. The van der Waals surface area contributed by atoms with Gasteiger partial charge in [-0.25, -0.2) is 4.39 Å². The molecular formula is C24H25FN2O3. The zero-order valence-electron chi connectivity index (χ0n) is 17.1. The van der Waals surface area contributed by atoms with E-state index in [2.05, 4.69) is 18.7 Å². The van der Waals surface area contributed by atoms with E-state index in [4.69, 9.17) is 9.47 Å². The van der Waals surface area contributed by atoms with Crippen molar-refractivity contribution in [3.8, 4) is 17.2 Å². The molecule has 1 aromatic heterocycles. The number of rotatable bonds is 7. The Morgan fingerprint density at radius 3 is 2.33 bits per heavy atom. The summed E-state index contributed by atoms with van der Waals surface area (Å²) >= 11 is 0. The van der Waals surface area contributed by atoms with E-state index < -0.39 is 0 Å². The van der Waals surface area contributed by atoms with Crippen molar-refractivity contribution >= 4 is 0 Å². The minimum atomic E-state index is -0.289. The number of hydrogen-bond acceptors (Lipinski definition) is 4. The monoisotopic (exact) mass is 408 g/mol. The van der Waals surface area contributed by atoms with Crippen molar-refractivity contribution < 1.29 is 13.9 Å². The molecule has 6 heteroatoms. The minimum Gasteiger partial charge on any atom is -0.489 e. The molecule has 0 saturated carbocycles. The maximum Gasteiger partial charge on any atom is 0.258 e. The van der Waals surface area contributed by atoms with Crippen LogP contribution < -0.4 is 15.0 Å². The van der Waals surface area contributed by atoms with E-state index >= 15 is 0 Å². The average Bonchev–Trinajstić information content (AvgIpc) is 2.70. The third kappa shape index (κ3) is 4.71. The van der Waals surface area contributed by atoms with Gasteiger partial charge in [-0.15, -0.1) is 0 Å². The number of aromatic nitrogens is 1. The first-order chi connectivity index (χ1) is 14.5. The van der Waals surface area contributed by atoms with E-state index in [-0.39, 0.29) is 24.1 Å². The summed E-state index contributed by atoms with van der Waals surface area (Å²) in [5.74, 6) is 0.989. The predicted molar refractivity (Wildman–Crippen MR) is 114 cm³/mol. The summed E-state index contributed by atoms with van der Waals surface area (Å²) < 4.78 is 26.2. The molecule has 30 heavy (non-hydrogen) atoms. The highest BCUT2D eigenvalue weighted by Gasteiger charge is 2.29.